The summed E-state index contributed by atoms with van der Waals surface area (Å²) >= 11 is 0. The lowest BCUT2D eigenvalue weighted by molar-refractivity contribution is 0.670. The van der Waals surface area contributed by atoms with Crippen LogP contribution < -0.4 is 0 Å². The van der Waals surface area contributed by atoms with Crippen molar-refractivity contribution in [3.63, 3.8) is 0 Å². The first kappa shape index (κ1) is 11.1. The van der Waals surface area contributed by atoms with Crippen molar-refractivity contribution in [3.05, 3.63) is 181 Å². The van der Waals surface area contributed by atoms with Gasteiger partial charge in [-0.25, -0.2) is 0 Å². The van der Waals surface area contributed by atoms with Gasteiger partial charge < -0.3 is 4.42 Å². The van der Waals surface area contributed by atoms with Crippen molar-refractivity contribution in [3.8, 4) is 44.5 Å². The Balaban J connectivity index is 1.38. The highest BCUT2D eigenvalue weighted by atomic mass is 16.3. The van der Waals surface area contributed by atoms with Gasteiger partial charge in [0.2, 0.25) is 0 Å². The maximum Gasteiger partial charge on any atom is 0.143 e. The van der Waals surface area contributed by atoms with Crippen LogP contribution in [0.15, 0.2) is 186 Å². The van der Waals surface area contributed by atoms with E-state index < -0.39 is 280 Å². The Kier molecular flexibility index (Phi) is 2.50. The molecule has 0 saturated carbocycles. The summed E-state index contributed by atoms with van der Waals surface area (Å²) < 4.78 is 274. The molecular weight excluding hydrogens is 593 g/mol. The Labute approximate surface area is 326 Å². The van der Waals surface area contributed by atoms with Crippen molar-refractivity contribution in [1.29, 1.82) is 0 Å². The number of hydrogen-bond donors (Lipinski definition) is 0. The zero-order chi connectivity index (χ0) is 58.4. The second-order valence-electron chi connectivity index (χ2n) is 10.5. The standard InChI is InChI=1S/C48H30O/c1-3-12-31(13-4-1)35-26-27-45-44(30-35)43-21-11-20-38(48(43)49-45)36-24-22-34-29-37(25-23-33(34)28-36)47-41-18-9-7-16-39(41)46(32-14-5-2-6-15-32)40-17-8-10-19-42(40)47/h1-30H/i1D,2D,3D,4D,5D,6D,7D,8D,9D,10D,11D,12D,13D,14D,15D,16D,17D,18D,19D,20D,21D,22D,23D,24D,25D,26D,27D,28D,29D,30D. The Bertz CT molecular complexity index is 4460. The van der Waals surface area contributed by atoms with Gasteiger partial charge in [-0.3, -0.25) is 0 Å². The summed E-state index contributed by atoms with van der Waals surface area (Å²) in [6.07, 6.45) is 0. The zero-order valence-corrected chi connectivity index (χ0v) is 24.4. The third-order valence-corrected chi connectivity index (χ3v) is 7.81. The molecule has 0 spiro atoms. The predicted molar refractivity (Wildman–Crippen MR) is 208 cm³/mol. The minimum Gasteiger partial charge on any atom is -0.455 e. The van der Waals surface area contributed by atoms with Gasteiger partial charge in [-0.05, 0) is 95.4 Å². The number of hydrogen-bond acceptors (Lipinski definition) is 1. The SMILES string of the molecule is [2H]c1c([2H])c([2H])c(-c2c([2H])c([2H])c3oc4c(-c5c([2H])c([2H])c6c([2H])c(-c7c8c([2H])c([2H])c([2H])c([2H])c8c(-c8c([2H])c([2H])c([2H])c([2H])c8[2H])c8c([2H])c([2H])c([2H])c([2H])c78)c([2H])c([2H])c6c5[2H])c([2H])c([2H])c([2H])c4c3c2[2H])c([2H])c1[2H]. The van der Waals surface area contributed by atoms with E-state index in [0.29, 0.717) is 0 Å². The largest absolute Gasteiger partial charge is 0.455 e. The molecule has 1 heterocycles. The highest BCUT2D eigenvalue weighted by Crippen LogP contribution is 2.44. The lowest BCUT2D eigenvalue weighted by Gasteiger charge is -2.18. The first-order chi connectivity index (χ1) is 36.8. The maximum absolute atomic E-state index is 9.78. The van der Waals surface area contributed by atoms with Gasteiger partial charge >= 0.3 is 0 Å². The van der Waals surface area contributed by atoms with Gasteiger partial charge in [0.1, 0.15) is 11.2 Å². The molecule has 0 N–H and O–H groups in total. The topological polar surface area (TPSA) is 13.1 Å². The number of fused-ring (bicyclic) bond motifs is 6. The van der Waals surface area contributed by atoms with Crippen molar-refractivity contribution in [2.24, 2.45) is 0 Å². The Morgan fingerprint density at radius 2 is 0.837 bits per heavy atom. The average Bonchev–Trinajstić information content (AvgIpc) is 4.07. The lowest BCUT2D eigenvalue weighted by atomic mass is 9.85. The van der Waals surface area contributed by atoms with Crippen LogP contribution in [-0.4, -0.2) is 0 Å². The van der Waals surface area contributed by atoms with E-state index >= 15 is 0 Å². The van der Waals surface area contributed by atoms with E-state index in [1.54, 1.807) is 0 Å². The van der Waals surface area contributed by atoms with Crippen LogP contribution in [0.4, 0.5) is 0 Å². The highest BCUT2D eigenvalue weighted by molar-refractivity contribution is 6.21. The molecule has 1 aromatic heterocycles. The first-order valence-electron chi connectivity index (χ1n) is 29.4. The second-order valence-corrected chi connectivity index (χ2v) is 10.5. The number of para-hydroxylation sites is 1. The molecule has 0 atom stereocenters. The Hall–Kier alpha value is -6.44. The minimum absolute atomic E-state index is 0.525. The number of rotatable bonds is 4. The van der Waals surface area contributed by atoms with E-state index in [1.807, 2.05) is 0 Å². The monoisotopic (exact) mass is 652 g/mol. The summed E-state index contributed by atoms with van der Waals surface area (Å²) in [5.74, 6) is 0. The fourth-order valence-electron chi connectivity index (χ4n) is 5.72. The molecule has 0 amide bonds. The first-order valence-corrected chi connectivity index (χ1v) is 14.4. The molecule has 1 heteroatoms. The van der Waals surface area contributed by atoms with Gasteiger partial charge in [0.25, 0.3) is 0 Å². The van der Waals surface area contributed by atoms with Crippen LogP contribution in [0, 0.1) is 0 Å². The molecule has 49 heavy (non-hydrogen) atoms. The summed E-state index contributed by atoms with van der Waals surface area (Å²) in [4.78, 5) is 0. The van der Waals surface area contributed by atoms with Gasteiger partial charge in [0, 0.05) is 16.3 Å². The van der Waals surface area contributed by atoms with Gasteiger partial charge in [0.15, 0.2) is 0 Å². The fraction of sp³-hybridized carbons (Fsp3) is 0. The van der Waals surface area contributed by atoms with Crippen molar-refractivity contribution in [2.75, 3.05) is 0 Å². The molecule has 0 bridgehead atoms. The van der Waals surface area contributed by atoms with Crippen LogP contribution in [-0.2, 0) is 0 Å². The number of furan rings is 1. The van der Waals surface area contributed by atoms with Gasteiger partial charge in [-0.2, -0.15) is 0 Å². The molecule has 0 fully saturated rings. The van der Waals surface area contributed by atoms with Gasteiger partial charge in [-0.15, -0.1) is 0 Å². The molecule has 0 radical (unpaired) electrons. The Morgan fingerprint density at radius 1 is 0.327 bits per heavy atom. The third-order valence-electron chi connectivity index (χ3n) is 7.81. The molecule has 10 aromatic rings. The summed E-state index contributed by atoms with van der Waals surface area (Å²) in [6, 6.07) is -28.3. The Morgan fingerprint density at radius 3 is 1.49 bits per heavy atom. The highest BCUT2D eigenvalue weighted by Gasteiger charge is 2.17. The molecular formula is C48H30O. The van der Waals surface area contributed by atoms with Crippen molar-refractivity contribution in [1.82, 2.24) is 0 Å². The van der Waals surface area contributed by atoms with Crippen LogP contribution in [0.5, 0.6) is 0 Å². The van der Waals surface area contributed by atoms with Crippen LogP contribution in [0.25, 0.3) is 98.8 Å². The molecule has 0 unspecified atom stereocenters. The van der Waals surface area contributed by atoms with Crippen molar-refractivity contribution < 1.29 is 45.5 Å². The normalized spacial score (nSPS) is 20.2. The fourth-order valence-corrected chi connectivity index (χ4v) is 5.72. The molecule has 9 aromatic carbocycles. The van der Waals surface area contributed by atoms with Gasteiger partial charge in [-0.1, -0.05) is 157 Å². The van der Waals surface area contributed by atoms with Crippen molar-refractivity contribution in [2.45, 2.75) is 0 Å². The van der Waals surface area contributed by atoms with Gasteiger partial charge in [0.05, 0.1) is 41.1 Å². The van der Waals surface area contributed by atoms with Crippen molar-refractivity contribution >= 4 is 54.3 Å². The van der Waals surface area contributed by atoms with E-state index in [0.717, 1.165) is 0 Å². The molecule has 0 aliphatic heterocycles. The van der Waals surface area contributed by atoms with E-state index in [-0.39, 0.29) is 0 Å². The molecule has 10 rings (SSSR count). The van der Waals surface area contributed by atoms with E-state index in [1.165, 1.54) is 0 Å². The molecule has 0 aliphatic carbocycles. The lowest BCUT2D eigenvalue weighted by Crippen LogP contribution is -1.90. The second kappa shape index (κ2) is 11.1. The molecule has 228 valence electrons. The zero-order valence-electron chi connectivity index (χ0n) is 54.4. The number of benzene rings is 9. The summed E-state index contributed by atoms with van der Waals surface area (Å²) in [7, 11) is 0. The summed E-state index contributed by atoms with van der Waals surface area (Å²) in [6.45, 7) is 0. The smallest absolute Gasteiger partial charge is 0.143 e. The average molecular weight is 653 g/mol. The maximum atomic E-state index is 9.78. The van der Waals surface area contributed by atoms with E-state index in [9.17, 15) is 15.1 Å². The van der Waals surface area contributed by atoms with Crippen LogP contribution in [0.2, 0.25) is 0 Å². The summed E-state index contributed by atoms with van der Waals surface area (Å²) in [5.41, 5.74) is -7.21. The quantitative estimate of drug-likeness (QED) is 0.172. The molecule has 0 aliphatic rings. The summed E-state index contributed by atoms with van der Waals surface area (Å²) in [5, 5.41) is -5.52. The van der Waals surface area contributed by atoms with Crippen LogP contribution in [0.3, 0.4) is 0 Å². The van der Waals surface area contributed by atoms with E-state index in [4.69, 9.17) is 30.5 Å². The van der Waals surface area contributed by atoms with Crippen LogP contribution in [0.1, 0.15) is 41.1 Å². The third kappa shape index (κ3) is 4.47. The molecule has 1 nitrogen and oxygen atoms in total. The predicted octanol–water partition coefficient (Wildman–Crippen LogP) is 13.7. The van der Waals surface area contributed by atoms with Crippen LogP contribution >= 0.6 is 0 Å². The minimum atomic E-state index is -1.09. The molecule has 0 saturated heterocycles. The van der Waals surface area contributed by atoms with E-state index in [2.05, 4.69) is 0 Å².